The molecule has 0 saturated carbocycles. The quantitative estimate of drug-likeness (QED) is 0.460. The Hall–Kier alpha value is -3.22. The number of hydrogen-bond acceptors (Lipinski definition) is 9. The first-order chi connectivity index (χ1) is 15.7. The SMILES string of the molecule is CN1CCN(C[C@H]2COc3cc(S(=O)(=O)c4ccccc4C(N)=O)cc([N+](=O)[O-])c3N2)CC1. The topological polar surface area (TPSA) is 148 Å². The maximum Gasteiger partial charge on any atom is 0.297 e. The largest absolute Gasteiger partial charge is 0.489 e. The number of piperazine rings is 1. The summed E-state index contributed by atoms with van der Waals surface area (Å²) in [5.74, 6) is -0.833. The van der Waals surface area contributed by atoms with Crippen LogP contribution in [0.15, 0.2) is 46.2 Å². The fourth-order valence-corrected chi connectivity index (χ4v) is 5.54. The van der Waals surface area contributed by atoms with Gasteiger partial charge in [0.25, 0.3) is 5.69 Å². The van der Waals surface area contributed by atoms with Gasteiger partial charge in [0.1, 0.15) is 6.61 Å². The number of hydrogen-bond donors (Lipinski definition) is 2. The van der Waals surface area contributed by atoms with Gasteiger partial charge < -0.3 is 20.7 Å². The summed E-state index contributed by atoms with van der Waals surface area (Å²) in [4.78, 5) is 26.7. The molecule has 12 heteroatoms. The van der Waals surface area contributed by atoms with Gasteiger partial charge in [-0.2, -0.15) is 0 Å². The van der Waals surface area contributed by atoms with Crippen molar-refractivity contribution < 1.29 is 22.9 Å². The summed E-state index contributed by atoms with van der Waals surface area (Å²) in [6, 6.07) is 7.52. The van der Waals surface area contributed by atoms with Crippen LogP contribution in [0.5, 0.6) is 5.75 Å². The number of amides is 1. The zero-order chi connectivity index (χ0) is 23.8. The van der Waals surface area contributed by atoms with Crippen LogP contribution in [0.1, 0.15) is 10.4 Å². The van der Waals surface area contributed by atoms with Gasteiger partial charge in [-0.05, 0) is 19.2 Å². The van der Waals surface area contributed by atoms with E-state index < -0.39 is 26.4 Å². The van der Waals surface area contributed by atoms with Crippen LogP contribution in [0, 0.1) is 10.1 Å². The second kappa shape index (κ2) is 8.96. The smallest absolute Gasteiger partial charge is 0.297 e. The van der Waals surface area contributed by atoms with Crippen LogP contribution in [-0.2, 0) is 9.84 Å². The number of nitrogens with one attached hydrogen (secondary N) is 1. The number of anilines is 1. The normalized spacial score (nSPS) is 19.2. The Bertz CT molecular complexity index is 1190. The predicted octanol–water partition coefficient (Wildman–Crippen LogP) is 0.947. The molecule has 2 aromatic rings. The van der Waals surface area contributed by atoms with Crippen LogP contribution >= 0.6 is 0 Å². The Morgan fingerprint density at radius 1 is 1.24 bits per heavy atom. The number of likely N-dealkylation sites (N-methyl/N-ethyl adjacent to an activating group) is 1. The molecule has 4 rings (SSSR count). The van der Waals surface area contributed by atoms with Crippen molar-refractivity contribution >= 4 is 27.1 Å². The molecule has 0 unspecified atom stereocenters. The molecule has 2 heterocycles. The van der Waals surface area contributed by atoms with E-state index in [0.29, 0.717) is 6.54 Å². The Morgan fingerprint density at radius 2 is 1.94 bits per heavy atom. The average molecular weight is 476 g/mol. The van der Waals surface area contributed by atoms with Crippen molar-refractivity contribution in [2.45, 2.75) is 15.8 Å². The lowest BCUT2D eigenvalue weighted by Crippen LogP contribution is -2.50. The number of rotatable bonds is 6. The van der Waals surface area contributed by atoms with Crippen molar-refractivity contribution in [3.63, 3.8) is 0 Å². The molecule has 1 atom stereocenters. The summed E-state index contributed by atoms with van der Waals surface area (Å²) in [6.07, 6.45) is 0. The lowest BCUT2D eigenvalue weighted by atomic mass is 10.1. The molecule has 2 aromatic carbocycles. The molecular formula is C21H25N5O6S. The number of primary amides is 1. The van der Waals surface area contributed by atoms with Gasteiger partial charge in [0.05, 0.1) is 26.3 Å². The summed E-state index contributed by atoms with van der Waals surface area (Å²) in [6.45, 7) is 4.55. The van der Waals surface area contributed by atoms with Gasteiger partial charge in [-0.15, -0.1) is 0 Å². The van der Waals surface area contributed by atoms with Gasteiger partial charge in [-0.3, -0.25) is 19.8 Å². The van der Waals surface area contributed by atoms with Crippen LogP contribution in [0.25, 0.3) is 0 Å². The molecular weight excluding hydrogens is 450 g/mol. The minimum Gasteiger partial charge on any atom is -0.489 e. The molecule has 1 saturated heterocycles. The first-order valence-electron chi connectivity index (χ1n) is 10.4. The molecule has 1 amide bonds. The van der Waals surface area contributed by atoms with Gasteiger partial charge in [0, 0.05) is 44.9 Å². The van der Waals surface area contributed by atoms with Gasteiger partial charge in [0.2, 0.25) is 15.7 Å². The highest BCUT2D eigenvalue weighted by atomic mass is 32.2. The number of benzene rings is 2. The number of nitrogens with zero attached hydrogens (tertiary/aromatic N) is 3. The minimum atomic E-state index is -4.27. The minimum absolute atomic E-state index is 0.0777. The number of nitrogens with two attached hydrogens (primary N) is 1. The van der Waals surface area contributed by atoms with Gasteiger partial charge >= 0.3 is 0 Å². The molecule has 0 radical (unpaired) electrons. The summed E-state index contributed by atoms with van der Waals surface area (Å²) >= 11 is 0. The molecule has 2 aliphatic heterocycles. The Labute approximate surface area is 191 Å². The summed E-state index contributed by atoms with van der Waals surface area (Å²) in [5.41, 5.74) is 4.87. The van der Waals surface area contributed by atoms with Crippen molar-refractivity contribution in [3.05, 3.63) is 52.1 Å². The summed E-state index contributed by atoms with van der Waals surface area (Å²) in [7, 11) is -2.21. The molecule has 0 bridgehead atoms. The highest BCUT2D eigenvalue weighted by Gasteiger charge is 2.33. The molecule has 33 heavy (non-hydrogen) atoms. The fourth-order valence-electron chi connectivity index (χ4n) is 4.04. The van der Waals surface area contributed by atoms with Crippen LogP contribution in [-0.4, -0.2) is 81.5 Å². The van der Waals surface area contributed by atoms with Gasteiger partial charge in [-0.25, -0.2) is 8.42 Å². The van der Waals surface area contributed by atoms with E-state index in [1.54, 1.807) is 0 Å². The van der Waals surface area contributed by atoms with Crippen molar-refractivity contribution in [1.82, 2.24) is 9.80 Å². The maximum absolute atomic E-state index is 13.3. The molecule has 0 spiro atoms. The Kier molecular flexibility index (Phi) is 6.23. The molecule has 0 aromatic heterocycles. The molecule has 2 aliphatic rings. The highest BCUT2D eigenvalue weighted by Crippen LogP contribution is 2.41. The Balaban J connectivity index is 1.66. The lowest BCUT2D eigenvalue weighted by molar-refractivity contribution is -0.384. The molecule has 11 nitrogen and oxygen atoms in total. The standard InChI is InChI=1S/C21H25N5O6S/c1-24-6-8-25(9-7-24)12-14-13-32-18-11-15(10-17(26(28)29)20(18)23-14)33(30,31)19-5-3-2-4-16(19)21(22)27/h2-5,10-11,14,23H,6-9,12-13H2,1H3,(H2,22,27)/t14-/m0/s1. The summed E-state index contributed by atoms with van der Waals surface area (Å²) < 4.78 is 32.3. The Morgan fingerprint density at radius 3 is 2.61 bits per heavy atom. The van der Waals surface area contributed by atoms with E-state index in [2.05, 4.69) is 22.2 Å². The second-order valence-electron chi connectivity index (χ2n) is 8.19. The third-order valence-corrected chi connectivity index (χ3v) is 7.66. The van der Waals surface area contributed by atoms with Crippen LogP contribution in [0.3, 0.4) is 0 Å². The number of nitro benzene ring substituents is 1. The molecule has 0 aliphatic carbocycles. The second-order valence-corrected chi connectivity index (χ2v) is 10.1. The number of ether oxygens (including phenoxy) is 1. The van der Waals surface area contributed by atoms with Crippen LogP contribution in [0.2, 0.25) is 0 Å². The monoisotopic (exact) mass is 475 g/mol. The molecule has 176 valence electrons. The first-order valence-corrected chi connectivity index (χ1v) is 11.9. The van der Waals surface area contributed by atoms with E-state index >= 15 is 0 Å². The maximum atomic E-state index is 13.3. The van der Waals surface area contributed by atoms with Crippen molar-refractivity contribution in [3.8, 4) is 5.75 Å². The van der Waals surface area contributed by atoms with Crippen LogP contribution in [0.4, 0.5) is 11.4 Å². The van der Waals surface area contributed by atoms with E-state index in [9.17, 15) is 23.3 Å². The highest BCUT2D eigenvalue weighted by molar-refractivity contribution is 7.91. The lowest BCUT2D eigenvalue weighted by Gasteiger charge is -2.36. The number of carbonyl (C=O) groups is 1. The van der Waals surface area contributed by atoms with Gasteiger partial charge in [-0.1, -0.05) is 12.1 Å². The van der Waals surface area contributed by atoms with Crippen LogP contribution < -0.4 is 15.8 Å². The molecule has 1 fully saturated rings. The van der Waals surface area contributed by atoms with E-state index in [1.807, 2.05) is 0 Å². The average Bonchev–Trinajstić information content (AvgIpc) is 2.79. The first kappa shape index (κ1) is 23.0. The number of carbonyl (C=O) groups excluding carboxylic acids is 1. The van der Waals surface area contributed by atoms with E-state index in [1.165, 1.54) is 30.3 Å². The number of nitro groups is 1. The zero-order valence-electron chi connectivity index (χ0n) is 18.1. The number of sulfone groups is 1. The van der Waals surface area contributed by atoms with E-state index in [4.69, 9.17) is 10.5 Å². The van der Waals surface area contributed by atoms with Crippen molar-refractivity contribution in [1.29, 1.82) is 0 Å². The fraction of sp³-hybridized carbons (Fsp3) is 0.381. The third kappa shape index (κ3) is 4.63. The van der Waals surface area contributed by atoms with Crippen molar-refractivity contribution in [2.75, 3.05) is 51.7 Å². The van der Waals surface area contributed by atoms with Crippen molar-refractivity contribution in [2.24, 2.45) is 5.73 Å². The van der Waals surface area contributed by atoms with Gasteiger partial charge in [0.15, 0.2) is 11.4 Å². The van der Waals surface area contributed by atoms with E-state index in [0.717, 1.165) is 32.2 Å². The number of fused-ring (bicyclic) bond motifs is 1. The third-order valence-electron chi connectivity index (χ3n) is 5.87. The molecule has 3 N–H and O–H groups in total. The van der Waals surface area contributed by atoms with E-state index in [-0.39, 0.29) is 39.4 Å². The summed E-state index contributed by atoms with van der Waals surface area (Å²) in [5, 5.41) is 15.0. The zero-order valence-corrected chi connectivity index (χ0v) is 18.9. The predicted molar refractivity (Wildman–Crippen MR) is 120 cm³/mol.